The number of rotatable bonds is 10. The molecular formula is C21H28N6O3. The van der Waals surface area contributed by atoms with E-state index in [9.17, 15) is 5.26 Å². The Bertz CT molecular complexity index is 851. The first-order valence-electron chi connectivity index (χ1n) is 9.95. The van der Waals surface area contributed by atoms with Gasteiger partial charge in [-0.1, -0.05) is 0 Å². The molecule has 9 nitrogen and oxygen atoms in total. The van der Waals surface area contributed by atoms with Crippen LogP contribution in [0.2, 0.25) is 0 Å². The molecule has 30 heavy (non-hydrogen) atoms. The van der Waals surface area contributed by atoms with E-state index < -0.39 is 0 Å². The molecule has 0 N–H and O–H groups in total. The minimum absolute atomic E-state index is 0.447. The van der Waals surface area contributed by atoms with Crippen LogP contribution in [-0.2, 0) is 16.0 Å². The van der Waals surface area contributed by atoms with Crippen molar-refractivity contribution in [1.82, 2.24) is 14.7 Å². The second-order valence-corrected chi connectivity index (χ2v) is 6.85. The minimum atomic E-state index is 0.447. The maximum Gasteiger partial charge on any atom is 0.175 e. The number of benzene rings is 1. The van der Waals surface area contributed by atoms with Gasteiger partial charge >= 0.3 is 0 Å². The van der Waals surface area contributed by atoms with Gasteiger partial charge in [0.1, 0.15) is 24.0 Å². The number of hydrogen-bond acceptors (Lipinski definition) is 8. The zero-order valence-corrected chi connectivity index (χ0v) is 17.5. The summed E-state index contributed by atoms with van der Waals surface area (Å²) in [5, 5.41) is 13.5. The van der Waals surface area contributed by atoms with Crippen LogP contribution in [0, 0.1) is 11.3 Å². The van der Waals surface area contributed by atoms with Crippen LogP contribution >= 0.6 is 0 Å². The Morgan fingerprint density at radius 2 is 1.87 bits per heavy atom. The highest BCUT2D eigenvalue weighted by Crippen LogP contribution is 2.21. The molecule has 9 heteroatoms. The Balaban J connectivity index is 1.48. The molecular weight excluding hydrogens is 384 g/mol. The molecule has 1 saturated heterocycles. The van der Waals surface area contributed by atoms with E-state index in [0.717, 1.165) is 38.5 Å². The highest BCUT2D eigenvalue weighted by atomic mass is 16.5. The monoisotopic (exact) mass is 412 g/mol. The summed E-state index contributed by atoms with van der Waals surface area (Å²) < 4.78 is 17.3. The largest absolute Gasteiger partial charge is 0.491 e. The van der Waals surface area contributed by atoms with E-state index >= 15 is 0 Å². The van der Waals surface area contributed by atoms with Gasteiger partial charge in [0.25, 0.3) is 0 Å². The van der Waals surface area contributed by atoms with E-state index in [4.69, 9.17) is 14.2 Å². The molecule has 3 rings (SSSR count). The summed E-state index contributed by atoms with van der Waals surface area (Å²) in [5.41, 5.74) is 1.65. The standard InChI is InChI=1S/C21H28N6O3/c1-28-13-14-30-20-5-3-19(4-6-20)26-10-7-25(8-11-26)9-12-27-21(23-17-29-2)18(15-22)16-24-27/h3-6,16-17H,7-14H2,1-2H3/b23-17+. The van der Waals surface area contributed by atoms with Crippen LogP contribution in [-0.4, -0.2) is 81.2 Å². The lowest BCUT2D eigenvalue weighted by molar-refractivity contribution is 0.146. The van der Waals surface area contributed by atoms with Gasteiger partial charge in [0, 0.05) is 45.5 Å². The minimum Gasteiger partial charge on any atom is -0.491 e. The lowest BCUT2D eigenvalue weighted by Gasteiger charge is -2.36. The van der Waals surface area contributed by atoms with Crippen molar-refractivity contribution in [3.05, 3.63) is 36.0 Å². The molecule has 0 unspecified atom stereocenters. The Morgan fingerprint density at radius 3 is 2.53 bits per heavy atom. The molecule has 0 saturated carbocycles. The maximum atomic E-state index is 9.21. The van der Waals surface area contributed by atoms with E-state index in [1.165, 1.54) is 19.2 Å². The van der Waals surface area contributed by atoms with Gasteiger partial charge in [-0.2, -0.15) is 15.4 Å². The predicted octanol–water partition coefficient (Wildman–Crippen LogP) is 1.91. The molecule has 160 valence electrons. The second kappa shape index (κ2) is 11.2. The van der Waals surface area contributed by atoms with E-state index in [2.05, 4.69) is 38.1 Å². The highest BCUT2D eigenvalue weighted by molar-refractivity contribution is 5.58. The maximum absolute atomic E-state index is 9.21. The van der Waals surface area contributed by atoms with Gasteiger partial charge in [0.2, 0.25) is 0 Å². The average molecular weight is 412 g/mol. The molecule has 1 aliphatic heterocycles. The SMILES string of the molecule is CO/C=N/c1c(C#N)cnn1CCN1CCN(c2ccc(OCCOC)cc2)CC1. The van der Waals surface area contributed by atoms with Crippen molar-refractivity contribution in [3.63, 3.8) is 0 Å². The average Bonchev–Trinajstić information content (AvgIpc) is 3.19. The van der Waals surface area contributed by atoms with Gasteiger partial charge < -0.3 is 19.1 Å². The molecule has 1 aromatic heterocycles. The van der Waals surface area contributed by atoms with Gasteiger partial charge in [-0.05, 0) is 24.3 Å². The summed E-state index contributed by atoms with van der Waals surface area (Å²) in [7, 11) is 3.19. The van der Waals surface area contributed by atoms with Crippen LogP contribution in [0.3, 0.4) is 0 Å². The third-order valence-electron chi connectivity index (χ3n) is 4.97. The third kappa shape index (κ3) is 5.72. The number of anilines is 1. The fraction of sp³-hybridized carbons (Fsp3) is 0.476. The van der Waals surface area contributed by atoms with E-state index in [1.807, 2.05) is 12.1 Å². The summed E-state index contributed by atoms with van der Waals surface area (Å²) >= 11 is 0. The number of aromatic nitrogens is 2. The van der Waals surface area contributed by atoms with Gasteiger partial charge in [0.05, 0.1) is 26.5 Å². The Morgan fingerprint density at radius 1 is 1.10 bits per heavy atom. The zero-order valence-electron chi connectivity index (χ0n) is 17.5. The Kier molecular flexibility index (Phi) is 8.06. The molecule has 0 aliphatic carbocycles. The van der Waals surface area contributed by atoms with Crippen molar-refractivity contribution in [3.8, 4) is 11.8 Å². The summed E-state index contributed by atoms with van der Waals surface area (Å²) in [4.78, 5) is 8.97. The number of aliphatic imine (C=N–C) groups is 1. The summed E-state index contributed by atoms with van der Waals surface area (Å²) in [5.74, 6) is 1.39. The molecule has 1 aromatic carbocycles. The molecule has 2 aromatic rings. The molecule has 1 fully saturated rings. The van der Waals surface area contributed by atoms with E-state index in [-0.39, 0.29) is 0 Å². The highest BCUT2D eigenvalue weighted by Gasteiger charge is 2.18. The van der Waals surface area contributed by atoms with E-state index in [1.54, 1.807) is 18.0 Å². The predicted molar refractivity (Wildman–Crippen MR) is 115 cm³/mol. The van der Waals surface area contributed by atoms with Gasteiger partial charge in [-0.15, -0.1) is 0 Å². The number of methoxy groups -OCH3 is 2. The van der Waals surface area contributed by atoms with Crippen molar-refractivity contribution >= 4 is 17.9 Å². The summed E-state index contributed by atoms with van der Waals surface area (Å²) in [6, 6.07) is 10.3. The second-order valence-electron chi connectivity index (χ2n) is 6.85. The number of hydrogen-bond donors (Lipinski definition) is 0. The smallest absolute Gasteiger partial charge is 0.175 e. The van der Waals surface area contributed by atoms with Crippen LogP contribution in [0.1, 0.15) is 5.56 Å². The molecule has 2 heterocycles. The molecule has 0 atom stereocenters. The van der Waals surface area contributed by atoms with Crippen molar-refractivity contribution in [2.75, 3.05) is 65.1 Å². The first kappa shape index (κ1) is 21.6. The zero-order chi connectivity index (χ0) is 21.2. The Hall–Kier alpha value is -3.09. The van der Waals surface area contributed by atoms with Crippen molar-refractivity contribution in [2.45, 2.75) is 6.54 Å². The lowest BCUT2D eigenvalue weighted by Crippen LogP contribution is -2.47. The first-order chi connectivity index (χ1) is 14.7. The van der Waals surface area contributed by atoms with Crippen LogP contribution in [0.25, 0.3) is 0 Å². The molecule has 0 radical (unpaired) electrons. The van der Waals surface area contributed by atoms with Crippen LogP contribution < -0.4 is 9.64 Å². The summed E-state index contributed by atoms with van der Waals surface area (Å²) in [6.45, 7) is 6.51. The Labute approximate surface area is 177 Å². The fourth-order valence-corrected chi connectivity index (χ4v) is 3.32. The van der Waals surface area contributed by atoms with Crippen molar-refractivity contribution in [2.24, 2.45) is 4.99 Å². The fourth-order valence-electron chi connectivity index (χ4n) is 3.32. The molecule has 1 aliphatic rings. The third-order valence-corrected chi connectivity index (χ3v) is 4.97. The number of nitrogens with zero attached hydrogens (tertiary/aromatic N) is 6. The van der Waals surface area contributed by atoms with Crippen molar-refractivity contribution in [1.29, 1.82) is 5.26 Å². The van der Waals surface area contributed by atoms with Crippen LogP contribution in [0.5, 0.6) is 5.75 Å². The number of piperazine rings is 1. The van der Waals surface area contributed by atoms with Gasteiger partial charge in [-0.3, -0.25) is 4.90 Å². The van der Waals surface area contributed by atoms with Crippen LogP contribution in [0.15, 0.2) is 35.5 Å². The number of nitriles is 1. The summed E-state index contributed by atoms with van der Waals surface area (Å²) in [6.07, 6.45) is 2.87. The first-order valence-corrected chi connectivity index (χ1v) is 9.95. The normalized spacial score (nSPS) is 14.8. The van der Waals surface area contributed by atoms with Gasteiger partial charge in [0.15, 0.2) is 12.2 Å². The van der Waals surface area contributed by atoms with Crippen LogP contribution in [0.4, 0.5) is 11.5 Å². The molecule has 0 bridgehead atoms. The quantitative estimate of drug-likeness (QED) is 0.335. The van der Waals surface area contributed by atoms with Crippen molar-refractivity contribution < 1.29 is 14.2 Å². The van der Waals surface area contributed by atoms with E-state index in [0.29, 0.717) is 31.1 Å². The molecule has 0 amide bonds. The number of ether oxygens (including phenoxy) is 3. The van der Waals surface area contributed by atoms with Gasteiger partial charge in [-0.25, -0.2) is 4.68 Å². The lowest BCUT2D eigenvalue weighted by atomic mass is 10.2. The molecule has 0 spiro atoms. The topological polar surface area (TPSA) is 88.1 Å².